The second-order valence-electron chi connectivity index (χ2n) is 7.48. The Bertz CT molecular complexity index is 1100. The number of amidine groups is 1. The van der Waals surface area contributed by atoms with Gasteiger partial charge in [0.05, 0.1) is 16.4 Å². The predicted octanol–water partition coefficient (Wildman–Crippen LogP) is 4.04. The van der Waals surface area contributed by atoms with Crippen molar-refractivity contribution in [1.82, 2.24) is 4.98 Å². The molecule has 2 atom stereocenters. The number of amides is 1. The van der Waals surface area contributed by atoms with Crippen LogP contribution in [0.25, 0.3) is 0 Å². The first kappa shape index (κ1) is 20.8. The zero-order chi connectivity index (χ0) is 21.7. The fourth-order valence-corrected chi connectivity index (χ4v) is 5.17. The highest BCUT2D eigenvalue weighted by atomic mass is 35.5. The highest BCUT2D eigenvalue weighted by Crippen LogP contribution is 2.60. The van der Waals surface area contributed by atoms with Gasteiger partial charge in [0.1, 0.15) is 17.1 Å². The number of aryl methyl sites for hydroxylation is 1. The van der Waals surface area contributed by atoms with E-state index in [1.807, 2.05) is 13.0 Å². The van der Waals surface area contributed by atoms with E-state index in [2.05, 4.69) is 15.3 Å². The van der Waals surface area contributed by atoms with Crippen molar-refractivity contribution in [2.24, 2.45) is 10.7 Å². The third-order valence-corrected chi connectivity index (χ3v) is 6.59. The minimum Gasteiger partial charge on any atom is -0.383 e. The zero-order valence-corrected chi connectivity index (χ0v) is 18.2. The van der Waals surface area contributed by atoms with Crippen LogP contribution in [0.5, 0.6) is 0 Å². The number of pyridine rings is 1. The highest BCUT2D eigenvalue weighted by Gasteiger charge is 2.58. The maximum Gasteiger partial charge on any atom is 0.274 e. The van der Waals surface area contributed by atoms with Gasteiger partial charge in [0, 0.05) is 24.6 Å². The molecule has 0 radical (unpaired) electrons. The van der Waals surface area contributed by atoms with Crippen molar-refractivity contribution >= 4 is 40.1 Å². The molecule has 0 saturated carbocycles. The van der Waals surface area contributed by atoms with Gasteiger partial charge in [0.15, 0.2) is 5.17 Å². The van der Waals surface area contributed by atoms with Gasteiger partial charge in [-0.1, -0.05) is 29.4 Å². The molecular formula is C21H20ClFN4O2S. The molecule has 156 valence electrons. The number of aromatic nitrogens is 1. The quantitative estimate of drug-likeness (QED) is 0.676. The molecule has 0 spiro atoms. The Morgan fingerprint density at radius 3 is 2.83 bits per heavy atom. The second kappa shape index (κ2) is 7.37. The molecule has 4 rings (SSSR count). The lowest BCUT2D eigenvalue weighted by Gasteiger charge is -2.34. The van der Waals surface area contributed by atoms with Gasteiger partial charge in [-0.15, -0.1) is 0 Å². The predicted molar refractivity (Wildman–Crippen MR) is 118 cm³/mol. The maximum atomic E-state index is 15.2. The number of carbonyl (C=O) groups excluding carboxylic acids is 1. The zero-order valence-electron chi connectivity index (χ0n) is 16.6. The van der Waals surface area contributed by atoms with Gasteiger partial charge in [-0.2, -0.15) is 0 Å². The van der Waals surface area contributed by atoms with E-state index in [4.69, 9.17) is 22.1 Å². The number of ether oxygens (including phenoxy) is 1. The summed E-state index contributed by atoms with van der Waals surface area (Å²) in [6, 6.07) is 6.27. The third kappa shape index (κ3) is 3.49. The van der Waals surface area contributed by atoms with Crippen LogP contribution in [-0.2, 0) is 10.3 Å². The monoisotopic (exact) mass is 446 g/mol. The smallest absolute Gasteiger partial charge is 0.274 e. The van der Waals surface area contributed by atoms with Crippen LogP contribution in [0.4, 0.5) is 10.1 Å². The van der Waals surface area contributed by atoms with Crippen LogP contribution in [0.2, 0.25) is 5.02 Å². The maximum absolute atomic E-state index is 15.2. The number of fused-ring (bicyclic) bond motifs is 1. The Morgan fingerprint density at radius 2 is 2.17 bits per heavy atom. The fraction of sp³-hybridized carbons (Fsp3) is 0.286. The number of thioether (sulfide) groups is 1. The average Bonchev–Trinajstić information content (AvgIpc) is 3.40. The van der Waals surface area contributed by atoms with Gasteiger partial charge in [-0.05, 0) is 49.2 Å². The van der Waals surface area contributed by atoms with Gasteiger partial charge in [0.2, 0.25) is 0 Å². The molecule has 1 amide bonds. The number of benzene rings is 1. The summed E-state index contributed by atoms with van der Waals surface area (Å²) in [7, 11) is 1.62. The summed E-state index contributed by atoms with van der Waals surface area (Å²) in [4.78, 5) is 21.2. The van der Waals surface area contributed by atoms with Gasteiger partial charge >= 0.3 is 0 Å². The summed E-state index contributed by atoms with van der Waals surface area (Å²) in [5, 5.41) is 3.57. The number of nitrogens with two attached hydrogens (primary N) is 1. The molecule has 0 bridgehead atoms. The Labute approximate surface area is 182 Å². The largest absolute Gasteiger partial charge is 0.383 e. The van der Waals surface area contributed by atoms with Crippen molar-refractivity contribution in [3.63, 3.8) is 0 Å². The first-order valence-corrected chi connectivity index (χ1v) is 10.4. The number of rotatable bonds is 5. The molecule has 2 aliphatic rings. The number of hydrogen-bond donors (Lipinski definition) is 2. The molecule has 0 unspecified atom stereocenters. The molecule has 1 aliphatic carbocycles. The summed E-state index contributed by atoms with van der Waals surface area (Å²) < 4.78 is 20.2. The van der Waals surface area contributed by atoms with E-state index in [1.54, 1.807) is 32.2 Å². The van der Waals surface area contributed by atoms with E-state index in [1.165, 1.54) is 24.0 Å². The number of hydrogen-bond acceptors (Lipinski definition) is 6. The first-order valence-electron chi connectivity index (χ1n) is 9.19. The van der Waals surface area contributed by atoms with Crippen molar-refractivity contribution in [2.45, 2.75) is 24.1 Å². The van der Waals surface area contributed by atoms with Crippen molar-refractivity contribution in [3.8, 4) is 0 Å². The van der Waals surface area contributed by atoms with Gasteiger partial charge < -0.3 is 15.8 Å². The van der Waals surface area contributed by atoms with Crippen LogP contribution in [-0.4, -0.2) is 34.5 Å². The minimum absolute atomic E-state index is 0.203. The Morgan fingerprint density at radius 1 is 1.40 bits per heavy atom. The first-order chi connectivity index (χ1) is 14.2. The number of halogens is 2. The number of nitrogens with zero attached hydrogens (tertiary/aromatic N) is 2. The Kier molecular flexibility index (Phi) is 5.12. The Hall–Kier alpha value is -2.42. The molecule has 0 fully saturated rings. The van der Waals surface area contributed by atoms with Gasteiger partial charge in [-0.3, -0.25) is 4.79 Å². The molecule has 1 aromatic carbocycles. The number of carbonyl (C=O) groups is 1. The molecule has 1 aromatic heterocycles. The molecule has 1 aliphatic heterocycles. The fourth-order valence-electron chi connectivity index (χ4n) is 3.79. The van der Waals surface area contributed by atoms with E-state index < -0.39 is 16.2 Å². The van der Waals surface area contributed by atoms with Gasteiger partial charge in [-0.25, -0.2) is 14.4 Å². The van der Waals surface area contributed by atoms with Crippen LogP contribution in [0.1, 0.15) is 28.5 Å². The number of aliphatic imine (C=N–C) groups is 1. The standard InChI is InChI=1S/C21H20ClFN4O2S/c1-11-6-13(26-18(28)15-5-4-12(22)9-25-15)7-14(17(11)23)20(2)16-8-21(16,10-29-3)30-19(24)27-20/h4-9H,10H2,1-3H3,(H2,24,27)(H,26,28)/t20-,21-/m1/s1. The summed E-state index contributed by atoms with van der Waals surface area (Å²) in [6.45, 7) is 3.90. The highest BCUT2D eigenvalue weighted by molar-refractivity contribution is 8.15. The SMILES string of the molecule is COC[C@]12C=C1[C@@](C)(c1cc(NC(=O)c3ccc(Cl)cn3)cc(C)c1F)N=C(N)S2. The third-order valence-electron chi connectivity index (χ3n) is 5.25. The van der Waals surface area contributed by atoms with Crippen molar-refractivity contribution in [1.29, 1.82) is 0 Å². The van der Waals surface area contributed by atoms with E-state index >= 15 is 4.39 Å². The molecule has 30 heavy (non-hydrogen) atoms. The molecule has 9 heteroatoms. The van der Waals surface area contributed by atoms with Crippen LogP contribution in [0.15, 0.2) is 47.1 Å². The number of methoxy groups -OCH3 is 1. The summed E-state index contributed by atoms with van der Waals surface area (Å²) in [6.07, 6.45) is 3.41. The van der Waals surface area contributed by atoms with Crippen LogP contribution in [0.3, 0.4) is 0 Å². The lowest BCUT2D eigenvalue weighted by atomic mass is 9.85. The van der Waals surface area contributed by atoms with Crippen LogP contribution in [0, 0.1) is 12.7 Å². The van der Waals surface area contributed by atoms with Gasteiger partial charge in [0.25, 0.3) is 5.91 Å². The molecular weight excluding hydrogens is 427 g/mol. The van der Waals surface area contributed by atoms with Crippen molar-refractivity contribution in [2.75, 3.05) is 19.0 Å². The molecule has 2 aromatic rings. The van der Waals surface area contributed by atoms with Crippen LogP contribution < -0.4 is 11.1 Å². The number of nitrogens with one attached hydrogen (secondary N) is 1. The lowest BCUT2D eigenvalue weighted by molar-refractivity contribution is 0.102. The summed E-state index contributed by atoms with van der Waals surface area (Å²) >= 11 is 7.23. The van der Waals surface area contributed by atoms with E-state index in [-0.39, 0.29) is 11.5 Å². The molecule has 0 saturated heterocycles. The lowest BCUT2D eigenvalue weighted by Crippen LogP contribution is -2.37. The summed E-state index contributed by atoms with van der Waals surface area (Å²) in [5.41, 5.74) is 7.42. The summed E-state index contributed by atoms with van der Waals surface area (Å²) in [5.74, 6) is -0.807. The Balaban J connectivity index is 1.70. The molecule has 6 nitrogen and oxygen atoms in total. The van der Waals surface area contributed by atoms with E-state index in [9.17, 15) is 4.79 Å². The van der Waals surface area contributed by atoms with Crippen LogP contribution >= 0.6 is 23.4 Å². The normalized spacial score (nSPS) is 24.6. The minimum atomic E-state index is -0.984. The second-order valence-corrected chi connectivity index (χ2v) is 9.26. The van der Waals surface area contributed by atoms with E-state index in [0.717, 1.165) is 5.57 Å². The average molecular weight is 447 g/mol. The number of anilines is 1. The molecule has 3 N–H and O–H groups in total. The molecule has 2 heterocycles. The van der Waals surface area contributed by atoms with E-state index in [0.29, 0.717) is 33.6 Å². The van der Waals surface area contributed by atoms with Crippen molar-refractivity contribution < 1.29 is 13.9 Å². The topological polar surface area (TPSA) is 89.6 Å². The van der Waals surface area contributed by atoms with Crippen molar-refractivity contribution in [3.05, 3.63) is 69.8 Å².